The van der Waals surface area contributed by atoms with Crippen LogP contribution in [0.2, 0.25) is 0 Å². The van der Waals surface area contributed by atoms with E-state index in [1.807, 2.05) is 0 Å². The standard InChI is InChI=1S/C13H4F9NO4S2/c1-2-3(14)8(19)12(9(20)4(2)15)28(24,25)23-29(26,27)13-10(21)6(17)5(16)7(18)11(13)22/h23H,1H3. The Morgan fingerprint density at radius 3 is 1.03 bits per heavy atom. The Labute approximate surface area is 155 Å². The summed E-state index contributed by atoms with van der Waals surface area (Å²) < 4.78 is 169. The Bertz CT molecular complexity index is 1100. The van der Waals surface area contributed by atoms with Crippen molar-refractivity contribution >= 4 is 20.0 Å². The van der Waals surface area contributed by atoms with E-state index in [2.05, 4.69) is 0 Å². The van der Waals surface area contributed by atoms with Gasteiger partial charge >= 0.3 is 0 Å². The molecule has 0 amide bonds. The molecule has 0 saturated carbocycles. The summed E-state index contributed by atoms with van der Waals surface area (Å²) in [5.41, 5.74) is -1.33. The Hall–Kier alpha value is -2.33. The molecule has 0 radical (unpaired) electrons. The molecule has 0 aliphatic carbocycles. The molecular weight excluding hydrogens is 469 g/mol. The maximum absolute atomic E-state index is 13.8. The van der Waals surface area contributed by atoms with Crippen LogP contribution < -0.4 is 4.13 Å². The average Bonchev–Trinajstić information content (AvgIpc) is 2.60. The summed E-state index contributed by atoms with van der Waals surface area (Å²) in [7, 11) is -12.5. The van der Waals surface area contributed by atoms with E-state index in [9.17, 15) is 56.3 Å². The summed E-state index contributed by atoms with van der Waals surface area (Å²) in [5.74, 6) is -24.1. The smallest absolute Gasteiger partial charge is 0.206 e. The number of nitrogens with one attached hydrogen (secondary N) is 1. The van der Waals surface area contributed by atoms with E-state index in [0.29, 0.717) is 6.92 Å². The zero-order chi connectivity index (χ0) is 22.6. The van der Waals surface area contributed by atoms with E-state index in [-0.39, 0.29) is 4.13 Å². The Balaban J connectivity index is 2.76. The Morgan fingerprint density at radius 2 is 0.724 bits per heavy atom. The third-order valence-electron chi connectivity index (χ3n) is 3.37. The van der Waals surface area contributed by atoms with Crippen molar-refractivity contribution in [3.63, 3.8) is 0 Å². The summed E-state index contributed by atoms with van der Waals surface area (Å²) in [4.78, 5) is -5.27. The second kappa shape index (κ2) is 7.17. The van der Waals surface area contributed by atoms with Crippen molar-refractivity contribution in [3.05, 3.63) is 57.9 Å². The van der Waals surface area contributed by atoms with Gasteiger partial charge in [-0.05, 0) is 6.92 Å². The molecular formula is C13H4F9NO4S2. The van der Waals surface area contributed by atoms with Gasteiger partial charge in [0.2, 0.25) is 5.82 Å². The highest BCUT2D eigenvalue weighted by molar-refractivity contribution is 8.04. The summed E-state index contributed by atoms with van der Waals surface area (Å²) in [6.45, 7) is 0.492. The predicted molar refractivity (Wildman–Crippen MR) is 74.8 cm³/mol. The van der Waals surface area contributed by atoms with Gasteiger partial charge < -0.3 is 0 Å². The molecule has 2 rings (SSSR count). The molecule has 0 spiro atoms. The molecule has 0 heterocycles. The number of halogens is 9. The Kier molecular flexibility index (Phi) is 5.68. The molecule has 2 aromatic carbocycles. The lowest BCUT2D eigenvalue weighted by molar-refractivity contribution is 0.357. The van der Waals surface area contributed by atoms with E-state index in [1.54, 1.807) is 0 Å². The monoisotopic (exact) mass is 473 g/mol. The molecule has 2 aromatic rings. The molecule has 0 bridgehead atoms. The second-order valence-corrected chi connectivity index (χ2v) is 8.70. The minimum Gasteiger partial charge on any atom is -0.206 e. The van der Waals surface area contributed by atoms with Crippen LogP contribution in [0, 0.1) is 59.3 Å². The van der Waals surface area contributed by atoms with E-state index >= 15 is 0 Å². The molecule has 160 valence electrons. The van der Waals surface area contributed by atoms with Gasteiger partial charge in [0, 0.05) is 5.56 Å². The maximum atomic E-state index is 13.8. The van der Waals surface area contributed by atoms with Crippen molar-refractivity contribution in [2.24, 2.45) is 0 Å². The third kappa shape index (κ3) is 3.55. The van der Waals surface area contributed by atoms with Gasteiger partial charge in [-0.1, -0.05) is 0 Å². The van der Waals surface area contributed by atoms with Gasteiger partial charge in [-0.25, -0.2) is 56.3 Å². The zero-order valence-electron chi connectivity index (χ0n) is 13.4. The summed E-state index contributed by atoms with van der Waals surface area (Å²) in [6, 6.07) is 0. The highest BCUT2D eigenvalue weighted by atomic mass is 32.3. The fraction of sp³-hybridized carbons (Fsp3) is 0.0769. The van der Waals surface area contributed by atoms with Crippen LogP contribution in [-0.4, -0.2) is 16.8 Å². The highest BCUT2D eigenvalue weighted by Gasteiger charge is 2.39. The van der Waals surface area contributed by atoms with E-state index in [4.69, 9.17) is 0 Å². The van der Waals surface area contributed by atoms with Crippen molar-refractivity contribution in [3.8, 4) is 0 Å². The minimum absolute atomic E-state index is 0.272. The van der Waals surface area contributed by atoms with Crippen LogP contribution in [-0.2, 0) is 20.0 Å². The fourth-order valence-electron chi connectivity index (χ4n) is 2.01. The average molecular weight is 473 g/mol. The van der Waals surface area contributed by atoms with Crippen LogP contribution >= 0.6 is 0 Å². The maximum Gasteiger partial charge on any atom is 0.259 e. The van der Waals surface area contributed by atoms with Gasteiger partial charge in [-0.15, -0.1) is 4.13 Å². The van der Waals surface area contributed by atoms with Gasteiger partial charge in [-0.2, -0.15) is 0 Å². The SMILES string of the molecule is Cc1c(F)c(F)c(S(=O)(=O)NS(=O)(=O)c2c(F)c(F)c(F)c(F)c2F)c(F)c1F. The minimum atomic E-state index is -6.27. The molecule has 16 heteroatoms. The molecule has 29 heavy (non-hydrogen) atoms. The third-order valence-corrected chi connectivity index (χ3v) is 6.92. The molecule has 0 aliphatic heterocycles. The lowest BCUT2D eigenvalue weighted by atomic mass is 10.2. The fourth-order valence-corrected chi connectivity index (χ4v) is 5.13. The second-order valence-electron chi connectivity index (χ2n) is 5.20. The number of benzene rings is 2. The summed E-state index contributed by atoms with van der Waals surface area (Å²) >= 11 is 0. The molecule has 0 unspecified atom stereocenters. The Morgan fingerprint density at radius 1 is 0.483 bits per heavy atom. The molecule has 1 N–H and O–H groups in total. The van der Waals surface area contributed by atoms with Crippen molar-refractivity contribution in [2.45, 2.75) is 16.7 Å². The molecule has 0 saturated heterocycles. The first kappa shape index (κ1) is 23.0. The van der Waals surface area contributed by atoms with Gasteiger partial charge in [0.15, 0.2) is 56.3 Å². The van der Waals surface area contributed by atoms with Gasteiger partial charge in [0.05, 0.1) is 0 Å². The van der Waals surface area contributed by atoms with Crippen LogP contribution in [0.15, 0.2) is 9.79 Å². The number of hydrogen-bond acceptors (Lipinski definition) is 4. The largest absolute Gasteiger partial charge is 0.259 e. The van der Waals surface area contributed by atoms with Crippen LogP contribution in [0.5, 0.6) is 0 Å². The van der Waals surface area contributed by atoms with E-state index in [0.717, 1.165) is 0 Å². The van der Waals surface area contributed by atoms with Crippen molar-refractivity contribution in [1.29, 1.82) is 0 Å². The topological polar surface area (TPSA) is 80.3 Å². The van der Waals surface area contributed by atoms with Gasteiger partial charge in [0.25, 0.3) is 20.0 Å². The summed E-state index contributed by atoms with van der Waals surface area (Å²) in [6.07, 6.45) is 0. The zero-order valence-corrected chi connectivity index (χ0v) is 15.0. The van der Waals surface area contributed by atoms with Gasteiger partial charge in [-0.3, -0.25) is 0 Å². The molecule has 5 nitrogen and oxygen atoms in total. The number of rotatable bonds is 4. The van der Waals surface area contributed by atoms with Crippen LogP contribution in [0.1, 0.15) is 5.56 Å². The molecule has 0 aliphatic rings. The van der Waals surface area contributed by atoms with E-state index in [1.165, 1.54) is 0 Å². The van der Waals surface area contributed by atoms with Crippen LogP contribution in [0.25, 0.3) is 0 Å². The quantitative estimate of drug-likeness (QED) is 0.421. The number of sulfonamides is 2. The number of hydrogen-bond donors (Lipinski definition) is 1. The van der Waals surface area contributed by atoms with Crippen LogP contribution in [0.3, 0.4) is 0 Å². The molecule has 0 aromatic heterocycles. The first-order valence-electron chi connectivity index (χ1n) is 6.68. The van der Waals surface area contributed by atoms with Crippen LogP contribution in [0.4, 0.5) is 39.5 Å². The first-order valence-corrected chi connectivity index (χ1v) is 9.65. The van der Waals surface area contributed by atoms with Crippen molar-refractivity contribution in [2.75, 3.05) is 0 Å². The lowest BCUT2D eigenvalue weighted by Gasteiger charge is -2.13. The first-order chi connectivity index (χ1) is 13.1. The highest BCUT2D eigenvalue weighted by Crippen LogP contribution is 2.30. The lowest BCUT2D eigenvalue weighted by Crippen LogP contribution is -2.34. The normalized spacial score (nSPS) is 12.5. The van der Waals surface area contributed by atoms with Crippen molar-refractivity contribution < 1.29 is 56.3 Å². The van der Waals surface area contributed by atoms with Crippen molar-refractivity contribution in [1.82, 2.24) is 4.13 Å². The predicted octanol–water partition coefficient (Wildman–Crippen LogP) is 2.91. The molecule has 0 fully saturated rings. The summed E-state index contributed by atoms with van der Waals surface area (Å²) in [5, 5.41) is 0. The van der Waals surface area contributed by atoms with E-state index < -0.39 is 87.8 Å². The molecule has 0 atom stereocenters. The van der Waals surface area contributed by atoms with Gasteiger partial charge in [0.1, 0.15) is 0 Å².